The van der Waals surface area contributed by atoms with E-state index in [-0.39, 0.29) is 6.54 Å². The maximum atomic E-state index is 11.0. The molecule has 1 aromatic heterocycles. The Morgan fingerprint density at radius 3 is 2.61 bits per heavy atom. The Bertz CT molecular complexity index is 761. The molecule has 90 valence electrons. The quantitative estimate of drug-likeness (QED) is 0.785. The van der Waals surface area contributed by atoms with Crippen molar-refractivity contribution >= 4 is 43.7 Å². The fraction of sp³-hybridized carbons (Fsp3) is 0.0714. The van der Waals surface area contributed by atoms with Crippen molar-refractivity contribution in [1.82, 2.24) is 4.57 Å². The molecule has 0 spiro atoms. The van der Waals surface area contributed by atoms with E-state index in [0.717, 1.165) is 26.3 Å². The number of fused-ring (bicyclic) bond motifs is 3. The summed E-state index contributed by atoms with van der Waals surface area (Å²) in [5.41, 5.74) is 1.90. The van der Waals surface area contributed by atoms with Gasteiger partial charge in [0.15, 0.2) is 0 Å². The van der Waals surface area contributed by atoms with Crippen molar-refractivity contribution in [2.75, 3.05) is 0 Å². The molecule has 2 aromatic carbocycles. The number of hydrogen-bond acceptors (Lipinski definition) is 1. The molecule has 3 aromatic rings. The predicted molar refractivity (Wildman–Crippen MR) is 74.8 cm³/mol. The first-order valence-corrected chi connectivity index (χ1v) is 6.34. The number of para-hydroxylation sites is 1. The largest absolute Gasteiger partial charge is 0.480 e. The Balaban J connectivity index is 2.45. The maximum absolute atomic E-state index is 11.0. The van der Waals surface area contributed by atoms with E-state index in [2.05, 4.69) is 15.9 Å². The van der Waals surface area contributed by atoms with Crippen LogP contribution in [0.3, 0.4) is 0 Å². The molecule has 0 unspecified atom stereocenters. The smallest absolute Gasteiger partial charge is 0.323 e. The van der Waals surface area contributed by atoms with Gasteiger partial charge in [0.1, 0.15) is 6.54 Å². The highest BCUT2D eigenvalue weighted by Crippen LogP contribution is 2.30. The molecule has 0 amide bonds. The Morgan fingerprint density at radius 2 is 1.83 bits per heavy atom. The highest BCUT2D eigenvalue weighted by molar-refractivity contribution is 9.10. The second kappa shape index (κ2) is 4.14. The maximum Gasteiger partial charge on any atom is 0.323 e. The van der Waals surface area contributed by atoms with Gasteiger partial charge in [0.25, 0.3) is 0 Å². The van der Waals surface area contributed by atoms with Gasteiger partial charge in [-0.05, 0) is 24.3 Å². The number of hydrogen-bond donors (Lipinski definition) is 1. The van der Waals surface area contributed by atoms with Crippen LogP contribution in [0.2, 0.25) is 0 Å². The van der Waals surface area contributed by atoms with Crippen LogP contribution in [0.1, 0.15) is 0 Å². The van der Waals surface area contributed by atoms with E-state index in [9.17, 15) is 4.79 Å². The summed E-state index contributed by atoms with van der Waals surface area (Å²) in [4.78, 5) is 11.0. The second-order valence-corrected chi connectivity index (χ2v) is 5.07. The van der Waals surface area contributed by atoms with Crippen LogP contribution >= 0.6 is 15.9 Å². The van der Waals surface area contributed by atoms with Crippen LogP contribution in [0.4, 0.5) is 0 Å². The van der Waals surface area contributed by atoms with Crippen molar-refractivity contribution in [3.05, 3.63) is 46.9 Å². The fourth-order valence-corrected chi connectivity index (χ4v) is 2.69. The summed E-state index contributed by atoms with van der Waals surface area (Å²) in [6.45, 7) is -0.0222. The van der Waals surface area contributed by atoms with E-state index < -0.39 is 5.97 Å². The van der Waals surface area contributed by atoms with Crippen molar-refractivity contribution < 1.29 is 9.90 Å². The first kappa shape index (κ1) is 11.3. The summed E-state index contributed by atoms with van der Waals surface area (Å²) in [5, 5.41) is 11.2. The van der Waals surface area contributed by atoms with Crippen LogP contribution in [-0.4, -0.2) is 15.6 Å². The Labute approximate surface area is 112 Å². The van der Waals surface area contributed by atoms with Gasteiger partial charge in [0.05, 0.1) is 0 Å². The van der Waals surface area contributed by atoms with E-state index in [1.165, 1.54) is 0 Å². The van der Waals surface area contributed by atoms with Gasteiger partial charge < -0.3 is 9.67 Å². The summed E-state index contributed by atoms with van der Waals surface area (Å²) in [7, 11) is 0. The van der Waals surface area contributed by atoms with E-state index in [1.54, 1.807) is 0 Å². The highest BCUT2D eigenvalue weighted by atomic mass is 79.9. The van der Waals surface area contributed by atoms with Crippen LogP contribution in [0.15, 0.2) is 46.9 Å². The summed E-state index contributed by atoms with van der Waals surface area (Å²) in [6.07, 6.45) is 0. The van der Waals surface area contributed by atoms with Gasteiger partial charge in [-0.15, -0.1) is 0 Å². The third-order valence-electron chi connectivity index (χ3n) is 3.03. The molecular weight excluding hydrogens is 294 g/mol. The third kappa shape index (κ3) is 1.69. The van der Waals surface area contributed by atoms with Gasteiger partial charge in [-0.1, -0.05) is 34.1 Å². The summed E-state index contributed by atoms with van der Waals surface area (Å²) in [6, 6.07) is 13.8. The minimum absolute atomic E-state index is 0.0222. The zero-order chi connectivity index (χ0) is 12.7. The first-order chi connectivity index (χ1) is 8.66. The average Bonchev–Trinajstić information content (AvgIpc) is 2.64. The van der Waals surface area contributed by atoms with Crippen molar-refractivity contribution in [2.45, 2.75) is 6.54 Å². The predicted octanol–water partition coefficient (Wildman–Crippen LogP) is 3.64. The van der Waals surface area contributed by atoms with Gasteiger partial charge >= 0.3 is 5.97 Å². The topological polar surface area (TPSA) is 42.2 Å². The number of carboxylic acids is 1. The molecular formula is C14H10BrNO2. The number of carboxylic acid groups (broad SMARTS) is 1. The molecule has 0 saturated heterocycles. The molecule has 0 aliphatic rings. The van der Waals surface area contributed by atoms with E-state index in [0.29, 0.717) is 0 Å². The van der Waals surface area contributed by atoms with E-state index in [4.69, 9.17) is 5.11 Å². The van der Waals surface area contributed by atoms with Crippen molar-refractivity contribution in [2.24, 2.45) is 0 Å². The molecule has 4 heteroatoms. The molecule has 18 heavy (non-hydrogen) atoms. The SMILES string of the molecule is O=C(O)Cn1c2ccccc2c2cc(Br)ccc21. The molecule has 1 heterocycles. The molecule has 3 rings (SSSR count). The number of benzene rings is 2. The normalized spacial score (nSPS) is 11.2. The van der Waals surface area contributed by atoms with Gasteiger partial charge in [-0.25, -0.2) is 0 Å². The number of nitrogens with zero attached hydrogens (tertiary/aromatic N) is 1. The van der Waals surface area contributed by atoms with Crippen LogP contribution in [0, 0.1) is 0 Å². The van der Waals surface area contributed by atoms with E-state index in [1.807, 2.05) is 47.0 Å². The molecule has 1 N–H and O–H groups in total. The highest BCUT2D eigenvalue weighted by Gasteiger charge is 2.12. The molecule has 0 bridgehead atoms. The molecule has 0 atom stereocenters. The summed E-state index contributed by atoms with van der Waals surface area (Å²) < 4.78 is 2.83. The van der Waals surface area contributed by atoms with Crippen molar-refractivity contribution in [1.29, 1.82) is 0 Å². The summed E-state index contributed by atoms with van der Waals surface area (Å²) >= 11 is 3.45. The molecule has 0 fully saturated rings. The zero-order valence-electron chi connectivity index (χ0n) is 9.43. The number of carbonyl (C=O) groups is 1. The number of halogens is 1. The summed E-state index contributed by atoms with van der Waals surface area (Å²) in [5.74, 6) is -0.833. The molecule has 0 aliphatic carbocycles. The molecule has 0 saturated carbocycles. The standard InChI is InChI=1S/C14H10BrNO2/c15-9-5-6-13-11(7-9)10-3-1-2-4-12(10)16(13)8-14(17)18/h1-7H,8H2,(H,17,18). The lowest BCUT2D eigenvalue weighted by Gasteiger charge is -2.03. The van der Waals surface area contributed by atoms with E-state index >= 15 is 0 Å². The number of aromatic nitrogens is 1. The van der Waals surface area contributed by atoms with Crippen molar-refractivity contribution in [3.8, 4) is 0 Å². The van der Waals surface area contributed by atoms with Crippen LogP contribution in [0.5, 0.6) is 0 Å². The van der Waals surface area contributed by atoms with Gasteiger partial charge in [-0.3, -0.25) is 4.79 Å². The van der Waals surface area contributed by atoms with Gasteiger partial charge in [0, 0.05) is 26.3 Å². The van der Waals surface area contributed by atoms with Crippen LogP contribution in [0.25, 0.3) is 21.8 Å². The minimum atomic E-state index is -0.833. The Morgan fingerprint density at radius 1 is 1.11 bits per heavy atom. The molecule has 0 aliphatic heterocycles. The second-order valence-electron chi connectivity index (χ2n) is 4.16. The monoisotopic (exact) mass is 303 g/mol. The van der Waals surface area contributed by atoms with Gasteiger partial charge in [-0.2, -0.15) is 0 Å². The molecule has 0 radical (unpaired) electrons. The number of rotatable bonds is 2. The fourth-order valence-electron chi connectivity index (χ4n) is 2.33. The minimum Gasteiger partial charge on any atom is -0.480 e. The van der Waals surface area contributed by atoms with Crippen LogP contribution < -0.4 is 0 Å². The van der Waals surface area contributed by atoms with Crippen LogP contribution in [-0.2, 0) is 11.3 Å². The van der Waals surface area contributed by atoms with Crippen molar-refractivity contribution in [3.63, 3.8) is 0 Å². The average molecular weight is 304 g/mol. The van der Waals surface area contributed by atoms with Gasteiger partial charge in [0.2, 0.25) is 0 Å². The lowest BCUT2D eigenvalue weighted by Crippen LogP contribution is -2.08. The Kier molecular flexibility index (Phi) is 2.59. The Hall–Kier alpha value is -1.81. The number of aliphatic carboxylic acids is 1. The zero-order valence-corrected chi connectivity index (χ0v) is 11.0. The lowest BCUT2D eigenvalue weighted by molar-refractivity contribution is -0.137. The molecule has 3 nitrogen and oxygen atoms in total. The lowest BCUT2D eigenvalue weighted by atomic mass is 10.2. The first-order valence-electron chi connectivity index (χ1n) is 5.55. The third-order valence-corrected chi connectivity index (χ3v) is 3.52.